The molecule has 2 rings (SSSR count). The second kappa shape index (κ2) is 4.69. The first-order valence-electron chi connectivity index (χ1n) is 4.90. The topological polar surface area (TPSA) is 32.3 Å². The Balaban J connectivity index is 2.21. The molecule has 1 aromatic heterocycles. The average molecular weight is 265 g/mol. The van der Waals surface area contributed by atoms with Gasteiger partial charge in [0, 0.05) is 26.2 Å². The van der Waals surface area contributed by atoms with Crippen LogP contribution in [0.25, 0.3) is 0 Å². The molecule has 0 amide bonds. The predicted octanol–water partition coefficient (Wildman–Crippen LogP) is 1.67. The van der Waals surface area contributed by atoms with Gasteiger partial charge in [0.1, 0.15) is 0 Å². The molecule has 0 saturated carbocycles. The molecule has 0 atom stereocenters. The fourth-order valence-electron chi connectivity index (χ4n) is 1.53. The van der Waals surface area contributed by atoms with Gasteiger partial charge in [0.2, 0.25) is 5.95 Å². The highest BCUT2D eigenvalue weighted by Crippen LogP contribution is 2.22. The Morgan fingerprint density at radius 2 is 1.56 bits per heavy atom. The first kappa shape index (κ1) is 11.8. The van der Waals surface area contributed by atoms with Crippen molar-refractivity contribution in [3.63, 3.8) is 0 Å². The molecule has 0 spiro atoms. The van der Waals surface area contributed by atoms with Crippen LogP contribution in [0.3, 0.4) is 0 Å². The van der Waals surface area contributed by atoms with E-state index in [-0.39, 0.29) is 10.3 Å². The molecular weight excluding hydrogens is 254 g/mol. The molecule has 1 saturated heterocycles. The van der Waals surface area contributed by atoms with Crippen molar-refractivity contribution < 1.29 is 4.39 Å². The van der Waals surface area contributed by atoms with Crippen LogP contribution >= 0.6 is 23.2 Å². The Kier molecular flexibility index (Phi) is 3.47. The maximum Gasteiger partial charge on any atom is 0.228 e. The number of nitrogens with zero attached hydrogens (tertiary/aromatic N) is 4. The van der Waals surface area contributed by atoms with Crippen LogP contribution in [0, 0.1) is 5.82 Å². The van der Waals surface area contributed by atoms with Crippen LogP contribution in [-0.2, 0) is 0 Å². The summed E-state index contributed by atoms with van der Waals surface area (Å²) in [5, 5.41) is -0.456. The van der Waals surface area contributed by atoms with Crippen molar-refractivity contribution in [3.05, 3.63) is 16.1 Å². The zero-order chi connectivity index (χ0) is 11.7. The maximum atomic E-state index is 13.1. The monoisotopic (exact) mass is 264 g/mol. The van der Waals surface area contributed by atoms with Gasteiger partial charge in [-0.3, -0.25) is 0 Å². The largest absolute Gasteiger partial charge is 0.338 e. The molecule has 1 aliphatic rings. The lowest BCUT2D eigenvalue weighted by Gasteiger charge is -2.32. The van der Waals surface area contributed by atoms with Crippen LogP contribution in [0.4, 0.5) is 10.3 Å². The molecular formula is C9H11Cl2FN4. The van der Waals surface area contributed by atoms with Gasteiger partial charge in [-0.1, -0.05) is 23.2 Å². The van der Waals surface area contributed by atoms with Crippen molar-refractivity contribution >= 4 is 29.2 Å². The predicted molar refractivity (Wildman–Crippen MR) is 61.7 cm³/mol. The van der Waals surface area contributed by atoms with Gasteiger partial charge in [-0.2, -0.15) is 9.97 Å². The van der Waals surface area contributed by atoms with Crippen molar-refractivity contribution in [2.75, 3.05) is 38.1 Å². The van der Waals surface area contributed by atoms with Gasteiger partial charge >= 0.3 is 0 Å². The van der Waals surface area contributed by atoms with E-state index in [2.05, 4.69) is 14.9 Å². The zero-order valence-electron chi connectivity index (χ0n) is 8.75. The van der Waals surface area contributed by atoms with E-state index in [9.17, 15) is 4.39 Å². The second-order valence-corrected chi connectivity index (χ2v) is 4.43. The summed E-state index contributed by atoms with van der Waals surface area (Å²) in [5.41, 5.74) is 0. The lowest BCUT2D eigenvalue weighted by atomic mass is 10.3. The third-order valence-corrected chi connectivity index (χ3v) is 3.05. The highest BCUT2D eigenvalue weighted by molar-refractivity contribution is 6.33. The molecule has 4 nitrogen and oxygen atoms in total. The van der Waals surface area contributed by atoms with E-state index >= 15 is 0 Å². The summed E-state index contributed by atoms with van der Waals surface area (Å²) < 4.78 is 13.1. The summed E-state index contributed by atoms with van der Waals surface area (Å²) in [6, 6.07) is 0. The van der Waals surface area contributed by atoms with Crippen molar-refractivity contribution in [2.24, 2.45) is 0 Å². The van der Waals surface area contributed by atoms with E-state index in [1.807, 2.05) is 11.9 Å². The van der Waals surface area contributed by atoms with E-state index in [0.29, 0.717) is 5.95 Å². The number of aromatic nitrogens is 2. The standard InChI is InChI=1S/C9H11Cl2FN4/c1-15-2-4-16(5-3-15)9-13-7(10)6(12)8(11)14-9/h2-5H2,1H3. The van der Waals surface area contributed by atoms with E-state index in [1.165, 1.54) is 0 Å². The van der Waals surface area contributed by atoms with E-state index in [4.69, 9.17) is 23.2 Å². The molecule has 0 N–H and O–H groups in total. The van der Waals surface area contributed by atoms with Gasteiger partial charge < -0.3 is 9.80 Å². The van der Waals surface area contributed by atoms with Gasteiger partial charge in [-0.15, -0.1) is 0 Å². The molecule has 0 aliphatic carbocycles. The highest BCUT2D eigenvalue weighted by atomic mass is 35.5. The number of likely N-dealkylation sites (N-methyl/N-ethyl adjacent to an activating group) is 1. The lowest BCUT2D eigenvalue weighted by molar-refractivity contribution is 0.311. The zero-order valence-corrected chi connectivity index (χ0v) is 10.3. The number of piperazine rings is 1. The van der Waals surface area contributed by atoms with Crippen LogP contribution in [-0.4, -0.2) is 48.1 Å². The van der Waals surface area contributed by atoms with Crippen LogP contribution in [0.2, 0.25) is 10.3 Å². The van der Waals surface area contributed by atoms with Crippen molar-refractivity contribution in [1.29, 1.82) is 0 Å². The summed E-state index contributed by atoms with van der Waals surface area (Å²) in [6.45, 7) is 3.40. The first-order valence-corrected chi connectivity index (χ1v) is 5.65. The smallest absolute Gasteiger partial charge is 0.228 e. The Morgan fingerprint density at radius 3 is 2.06 bits per heavy atom. The van der Waals surface area contributed by atoms with Crippen LogP contribution in [0.5, 0.6) is 0 Å². The summed E-state index contributed by atoms with van der Waals surface area (Å²) >= 11 is 11.2. The first-order chi connectivity index (χ1) is 7.58. The van der Waals surface area contributed by atoms with Crippen molar-refractivity contribution in [1.82, 2.24) is 14.9 Å². The molecule has 0 radical (unpaired) electrons. The van der Waals surface area contributed by atoms with Gasteiger partial charge in [-0.25, -0.2) is 4.39 Å². The van der Waals surface area contributed by atoms with Gasteiger partial charge in [0.15, 0.2) is 16.1 Å². The molecule has 0 unspecified atom stereocenters. The summed E-state index contributed by atoms with van der Waals surface area (Å²) in [6.07, 6.45) is 0. The summed E-state index contributed by atoms with van der Waals surface area (Å²) in [4.78, 5) is 11.9. The van der Waals surface area contributed by atoms with E-state index in [0.717, 1.165) is 26.2 Å². The van der Waals surface area contributed by atoms with Crippen LogP contribution in [0.1, 0.15) is 0 Å². The molecule has 0 aromatic carbocycles. The van der Waals surface area contributed by atoms with Crippen LogP contribution in [0.15, 0.2) is 0 Å². The Labute approximate surface area is 103 Å². The van der Waals surface area contributed by atoms with Crippen molar-refractivity contribution in [2.45, 2.75) is 0 Å². The number of rotatable bonds is 1. The fourth-order valence-corrected chi connectivity index (χ4v) is 1.91. The quantitative estimate of drug-likeness (QED) is 0.723. The minimum atomic E-state index is -0.763. The van der Waals surface area contributed by atoms with Gasteiger partial charge in [0.25, 0.3) is 0 Å². The minimum Gasteiger partial charge on any atom is -0.338 e. The molecule has 1 aliphatic heterocycles. The third kappa shape index (κ3) is 2.36. The molecule has 7 heteroatoms. The number of anilines is 1. The minimum absolute atomic E-state index is 0.228. The number of halogens is 3. The van der Waals surface area contributed by atoms with Gasteiger partial charge in [-0.05, 0) is 7.05 Å². The molecule has 16 heavy (non-hydrogen) atoms. The lowest BCUT2D eigenvalue weighted by Crippen LogP contribution is -2.45. The molecule has 0 bridgehead atoms. The maximum absolute atomic E-state index is 13.1. The Morgan fingerprint density at radius 1 is 1.06 bits per heavy atom. The molecule has 2 heterocycles. The number of hydrogen-bond acceptors (Lipinski definition) is 4. The Hall–Kier alpha value is -0.650. The van der Waals surface area contributed by atoms with E-state index < -0.39 is 5.82 Å². The molecule has 88 valence electrons. The average Bonchev–Trinajstić information content (AvgIpc) is 2.26. The van der Waals surface area contributed by atoms with Crippen LogP contribution < -0.4 is 4.90 Å². The van der Waals surface area contributed by atoms with Crippen molar-refractivity contribution in [3.8, 4) is 0 Å². The Bertz CT molecular complexity index is 370. The summed E-state index contributed by atoms with van der Waals surface area (Å²) in [7, 11) is 2.04. The normalized spacial score (nSPS) is 17.9. The third-order valence-electron chi connectivity index (χ3n) is 2.54. The molecule has 1 fully saturated rings. The fraction of sp³-hybridized carbons (Fsp3) is 0.556. The summed E-state index contributed by atoms with van der Waals surface area (Å²) in [5.74, 6) is -0.370. The second-order valence-electron chi connectivity index (χ2n) is 3.71. The highest BCUT2D eigenvalue weighted by Gasteiger charge is 2.19. The van der Waals surface area contributed by atoms with Gasteiger partial charge in [0.05, 0.1) is 0 Å². The molecule has 1 aromatic rings. The SMILES string of the molecule is CN1CCN(c2nc(Cl)c(F)c(Cl)n2)CC1. The number of hydrogen-bond donors (Lipinski definition) is 0. The van der Waals surface area contributed by atoms with E-state index in [1.54, 1.807) is 0 Å².